The summed E-state index contributed by atoms with van der Waals surface area (Å²) >= 11 is 0. The second-order valence-electron chi connectivity index (χ2n) is 2.67. The fourth-order valence-corrected chi connectivity index (χ4v) is 1.10. The van der Waals surface area contributed by atoms with Gasteiger partial charge >= 0.3 is 0 Å². The SMILES string of the molecule is CNC(=O)c1cn(C)cc1C(F)F. The molecule has 0 bridgehead atoms. The largest absolute Gasteiger partial charge is 0.356 e. The molecule has 1 aromatic rings. The van der Waals surface area contributed by atoms with Gasteiger partial charge in [-0.05, 0) is 0 Å². The van der Waals surface area contributed by atoms with E-state index in [9.17, 15) is 13.6 Å². The van der Waals surface area contributed by atoms with Crippen LogP contribution in [-0.2, 0) is 7.05 Å². The van der Waals surface area contributed by atoms with Crippen LogP contribution in [0.4, 0.5) is 8.78 Å². The van der Waals surface area contributed by atoms with Gasteiger partial charge in [-0.1, -0.05) is 0 Å². The van der Waals surface area contributed by atoms with Crippen LogP contribution in [0.1, 0.15) is 22.3 Å². The van der Waals surface area contributed by atoms with E-state index < -0.39 is 12.3 Å². The average molecular weight is 188 g/mol. The zero-order chi connectivity index (χ0) is 10.0. The fraction of sp³-hybridized carbons (Fsp3) is 0.375. The van der Waals surface area contributed by atoms with E-state index in [1.165, 1.54) is 24.0 Å². The molecule has 0 aromatic carbocycles. The van der Waals surface area contributed by atoms with Crippen molar-refractivity contribution in [2.75, 3.05) is 7.05 Å². The summed E-state index contributed by atoms with van der Waals surface area (Å²) in [6.45, 7) is 0. The Kier molecular flexibility index (Phi) is 2.65. The van der Waals surface area contributed by atoms with Gasteiger partial charge in [0, 0.05) is 32.1 Å². The van der Waals surface area contributed by atoms with Gasteiger partial charge in [-0.2, -0.15) is 0 Å². The van der Waals surface area contributed by atoms with Crippen molar-refractivity contribution in [3.05, 3.63) is 23.5 Å². The molecule has 0 unspecified atom stereocenters. The lowest BCUT2D eigenvalue weighted by molar-refractivity contribution is 0.0950. The molecule has 1 amide bonds. The minimum atomic E-state index is -2.62. The normalized spacial score (nSPS) is 10.5. The minimum absolute atomic E-state index is 0.0278. The number of halogens is 2. The summed E-state index contributed by atoms with van der Waals surface area (Å²) in [6, 6.07) is 0. The number of carbonyl (C=O) groups excluding carboxylic acids is 1. The van der Waals surface area contributed by atoms with Gasteiger partial charge in [0.05, 0.1) is 5.56 Å². The van der Waals surface area contributed by atoms with Crippen LogP contribution >= 0.6 is 0 Å². The lowest BCUT2D eigenvalue weighted by atomic mass is 10.2. The van der Waals surface area contributed by atoms with E-state index in [0.717, 1.165) is 0 Å². The molecule has 0 aliphatic carbocycles. The molecule has 72 valence electrons. The molecule has 3 nitrogen and oxygen atoms in total. The van der Waals surface area contributed by atoms with Crippen molar-refractivity contribution in [2.45, 2.75) is 6.43 Å². The molecule has 0 fully saturated rings. The topological polar surface area (TPSA) is 34.0 Å². The summed E-state index contributed by atoms with van der Waals surface area (Å²) < 4.78 is 26.1. The van der Waals surface area contributed by atoms with Crippen LogP contribution < -0.4 is 5.32 Å². The molecule has 0 aliphatic rings. The lowest BCUT2D eigenvalue weighted by Gasteiger charge is -1.99. The van der Waals surface area contributed by atoms with Crippen LogP contribution in [0.25, 0.3) is 0 Å². The van der Waals surface area contributed by atoms with Gasteiger partial charge in [0.1, 0.15) is 0 Å². The molecule has 1 aromatic heterocycles. The lowest BCUT2D eigenvalue weighted by Crippen LogP contribution is -2.18. The third kappa shape index (κ3) is 1.85. The summed E-state index contributed by atoms with van der Waals surface area (Å²) in [4.78, 5) is 11.1. The number of hydrogen-bond acceptors (Lipinski definition) is 1. The highest BCUT2D eigenvalue weighted by molar-refractivity contribution is 5.95. The molecular formula is C8H10F2N2O. The van der Waals surface area contributed by atoms with E-state index in [1.807, 2.05) is 0 Å². The first-order chi connectivity index (χ1) is 6.06. The van der Waals surface area contributed by atoms with Crippen molar-refractivity contribution in [1.82, 2.24) is 9.88 Å². The second-order valence-corrected chi connectivity index (χ2v) is 2.67. The first-order valence-corrected chi connectivity index (χ1v) is 3.72. The van der Waals surface area contributed by atoms with Crippen molar-refractivity contribution in [3.63, 3.8) is 0 Å². The number of aryl methyl sites for hydroxylation is 1. The molecule has 13 heavy (non-hydrogen) atoms. The fourth-order valence-electron chi connectivity index (χ4n) is 1.10. The Bertz CT molecular complexity index is 320. The summed E-state index contributed by atoms with van der Waals surface area (Å²) in [5.41, 5.74) is -0.207. The van der Waals surface area contributed by atoms with Gasteiger partial charge in [0.15, 0.2) is 0 Å². The highest BCUT2D eigenvalue weighted by atomic mass is 19.3. The average Bonchev–Trinajstić information content (AvgIpc) is 2.46. The van der Waals surface area contributed by atoms with E-state index in [-0.39, 0.29) is 11.1 Å². The summed E-state index contributed by atoms with van der Waals surface area (Å²) in [7, 11) is 3.00. The molecule has 0 saturated heterocycles. The number of carbonyl (C=O) groups is 1. The van der Waals surface area contributed by atoms with Crippen LogP contribution in [0.2, 0.25) is 0 Å². The van der Waals surface area contributed by atoms with Crippen molar-refractivity contribution in [1.29, 1.82) is 0 Å². The quantitative estimate of drug-likeness (QED) is 0.746. The monoisotopic (exact) mass is 188 g/mol. The standard InChI is InChI=1S/C8H10F2N2O/c1-11-8(13)6-4-12(2)3-5(6)7(9)10/h3-4,7H,1-2H3,(H,11,13). The summed E-state index contributed by atoms with van der Waals surface area (Å²) in [5.74, 6) is -0.490. The maximum atomic E-state index is 12.3. The molecule has 0 atom stereocenters. The second kappa shape index (κ2) is 3.55. The number of aromatic nitrogens is 1. The molecule has 0 saturated carbocycles. The Morgan fingerprint density at radius 3 is 2.62 bits per heavy atom. The number of hydrogen-bond donors (Lipinski definition) is 1. The van der Waals surface area contributed by atoms with Gasteiger partial charge < -0.3 is 9.88 Å². The zero-order valence-corrected chi connectivity index (χ0v) is 7.34. The third-order valence-corrected chi connectivity index (χ3v) is 1.69. The molecule has 1 heterocycles. The van der Waals surface area contributed by atoms with Crippen LogP contribution in [0.3, 0.4) is 0 Å². The summed E-state index contributed by atoms with van der Waals surface area (Å²) in [6.07, 6.45) is 0.00347. The number of alkyl halides is 2. The number of nitrogens with one attached hydrogen (secondary N) is 1. The smallest absolute Gasteiger partial charge is 0.266 e. The predicted molar refractivity (Wildman–Crippen MR) is 43.8 cm³/mol. The highest BCUT2D eigenvalue weighted by Gasteiger charge is 2.19. The molecule has 5 heteroatoms. The predicted octanol–water partition coefficient (Wildman–Crippen LogP) is 1.32. The Labute approximate surface area is 74.4 Å². The first kappa shape index (κ1) is 9.70. The van der Waals surface area contributed by atoms with Crippen LogP contribution in [-0.4, -0.2) is 17.5 Å². The van der Waals surface area contributed by atoms with Crippen LogP contribution in [0.15, 0.2) is 12.4 Å². The molecule has 0 radical (unpaired) electrons. The number of nitrogens with zero attached hydrogens (tertiary/aromatic N) is 1. The Morgan fingerprint density at radius 2 is 2.15 bits per heavy atom. The van der Waals surface area contributed by atoms with E-state index in [0.29, 0.717) is 0 Å². The molecular weight excluding hydrogens is 178 g/mol. The van der Waals surface area contributed by atoms with Gasteiger partial charge in [-0.15, -0.1) is 0 Å². The molecule has 1 N–H and O–H groups in total. The van der Waals surface area contributed by atoms with E-state index in [4.69, 9.17) is 0 Å². The Morgan fingerprint density at radius 1 is 1.54 bits per heavy atom. The third-order valence-electron chi connectivity index (χ3n) is 1.69. The van der Waals surface area contributed by atoms with Gasteiger partial charge in [0.2, 0.25) is 0 Å². The Balaban J connectivity index is 3.11. The highest BCUT2D eigenvalue weighted by Crippen LogP contribution is 2.23. The van der Waals surface area contributed by atoms with E-state index in [2.05, 4.69) is 5.32 Å². The molecule has 0 aliphatic heterocycles. The van der Waals surface area contributed by atoms with Crippen LogP contribution in [0, 0.1) is 0 Å². The van der Waals surface area contributed by atoms with Crippen molar-refractivity contribution >= 4 is 5.91 Å². The maximum Gasteiger partial charge on any atom is 0.266 e. The number of amides is 1. The van der Waals surface area contributed by atoms with Crippen molar-refractivity contribution in [2.24, 2.45) is 7.05 Å². The first-order valence-electron chi connectivity index (χ1n) is 3.72. The minimum Gasteiger partial charge on any atom is -0.356 e. The Hall–Kier alpha value is -1.39. The van der Waals surface area contributed by atoms with Crippen LogP contribution in [0.5, 0.6) is 0 Å². The van der Waals surface area contributed by atoms with Crippen molar-refractivity contribution in [3.8, 4) is 0 Å². The maximum absolute atomic E-state index is 12.3. The summed E-state index contributed by atoms with van der Waals surface area (Å²) in [5, 5.41) is 2.30. The van der Waals surface area contributed by atoms with E-state index >= 15 is 0 Å². The van der Waals surface area contributed by atoms with Gasteiger partial charge in [0.25, 0.3) is 12.3 Å². The van der Waals surface area contributed by atoms with Gasteiger partial charge in [-0.3, -0.25) is 4.79 Å². The number of rotatable bonds is 2. The molecule has 0 spiro atoms. The molecule has 1 rings (SSSR count). The zero-order valence-electron chi connectivity index (χ0n) is 7.34. The van der Waals surface area contributed by atoms with Gasteiger partial charge in [-0.25, -0.2) is 8.78 Å². The van der Waals surface area contributed by atoms with Crippen molar-refractivity contribution < 1.29 is 13.6 Å². The van der Waals surface area contributed by atoms with E-state index in [1.54, 1.807) is 7.05 Å².